The number of rotatable bonds is 4. The van der Waals surface area contributed by atoms with Gasteiger partial charge in [-0.1, -0.05) is 36.8 Å². The highest BCUT2D eigenvalue weighted by molar-refractivity contribution is 5.86. The van der Waals surface area contributed by atoms with E-state index in [2.05, 4.69) is 9.97 Å². The van der Waals surface area contributed by atoms with Crippen LogP contribution in [-0.2, 0) is 0 Å². The van der Waals surface area contributed by atoms with Crippen molar-refractivity contribution in [3.05, 3.63) is 42.1 Å². The van der Waals surface area contributed by atoms with Crippen LogP contribution in [0, 0.1) is 0 Å². The summed E-state index contributed by atoms with van der Waals surface area (Å²) in [6, 6.07) is 10.7. The number of carboxylic acids is 1. The largest absolute Gasteiger partial charge is 0.477 e. The molecule has 1 aliphatic carbocycles. The number of carbonyl (C=O) groups is 1. The van der Waals surface area contributed by atoms with E-state index in [0.717, 1.165) is 31.2 Å². The summed E-state index contributed by atoms with van der Waals surface area (Å²) in [6.07, 6.45) is 5.63. The van der Waals surface area contributed by atoms with Crippen molar-refractivity contribution in [2.75, 3.05) is 0 Å². The van der Waals surface area contributed by atoms with Gasteiger partial charge in [0.15, 0.2) is 11.5 Å². The van der Waals surface area contributed by atoms with E-state index in [0.29, 0.717) is 11.7 Å². The molecule has 0 atom stereocenters. The summed E-state index contributed by atoms with van der Waals surface area (Å²) in [6.45, 7) is 0. The Hall–Kier alpha value is -2.43. The average Bonchev–Trinajstić information content (AvgIpc) is 2.56. The van der Waals surface area contributed by atoms with Crippen molar-refractivity contribution < 1.29 is 14.6 Å². The molecule has 0 bridgehead atoms. The van der Waals surface area contributed by atoms with Crippen molar-refractivity contribution >= 4 is 5.97 Å². The number of aromatic nitrogens is 2. The molecule has 1 N–H and O–H groups in total. The summed E-state index contributed by atoms with van der Waals surface area (Å²) >= 11 is 0. The standard InChI is InChI=1S/C17H18N2O3/c20-17(21)14-11-15(22-13-9-5-2-6-10-13)19-16(18-14)12-7-3-1-4-8-12/h1,3-4,7-8,11,13H,2,5-6,9-10H2,(H,20,21). The van der Waals surface area contributed by atoms with Gasteiger partial charge in [-0.2, -0.15) is 4.98 Å². The van der Waals surface area contributed by atoms with Gasteiger partial charge in [0.25, 0.3) is 0 Å². The van der Waals surface area contributed by atoms with E-state index in [1.165, 1.54) is 12.5 Å². The molecule has 114 valence electrons. The molecule has 1 heterocycles. The molecule has 5 nitrogen and oxygen atoms in total. The van der Waals surface area contributed by atoms with Gasteiger partial charge in [0.2, 0.25) is 5.88 Å². The number of nitrogens with zero attached hydrogens (tertiary/aromatic N) is 2. The van der Waals surface area contributed by atoms with Gasteiger partial charge in [0.1, 0.15) is 6.10 Å². The molecular weight excluding hydrogens is 280 g/mol. The smallest absolute Gasteiger partial charge is 0.354 e. The SMILES string of the molecule is O=C(O)c1cc(OC2CCCCC2)nc(-c2ccccc2)n1. The minimum Gasteiger partial charge on any atom is -0.477 e. The number of hydrogen-bond donors (Lipinski definition) is 1. The van der Waals surface area contributed by atoms with Crippen LogP contribution >= 0.6 is 0 Å². The second kappa shape index (κ2) is 6.56. The van der Waals surface area contributed by atoms with Crippen molar-refractivity contribution in [2.45, 2.75) is 38.2 Å². The Bertz CT molecular complexity index is 652. The van der Waals surface area contributed by atoms with E-state index in [9.17, 15) is 9.90 Å². The van der Waals surface area contributed by atoms with Crippen LogP contribution in [0.25, 0.3) is 11.4 Å². The molecule has 0 unspecified atom stereocenters. The van der Waals surface area contributed by atoms with Crippen LogP contribution in [0.15, 0.2) is 36.4 Å². The third-order valence-electron chi connectivity index (χ3n) is 3.79. The summed E-state index contributed by atoms with van der Waals surface area (Å²) in [4.78, 5) is 19.8. The van der Waals surface area contributed by atoms with Crippen LogP contribution in [0.5, 0.6) is 5.88 Å². The highest BCUT2D eigenvalue weighted by atomic mass is 16.5. The Morgan fingerprint density at radius 3 is 2.50 bits per heavy atom. The van der Waals surface area contributed by atoms with Gasteiger partial charge in [-0.05, 0) is 25.7 Å². The topological polar surface area (TPSA) is 72.3 Å². The molecule has 2 aromatic rings. The van der Waals surface area contributed by atoms with E-state index >= 15 is 0 Å². The monoisotopic (exact) mass is 298 g/mol. The first-order valence-corrected chi connectivity index (χ1v) is 7.57. The molecule has 5 heteroatoms. The number of hydrogen-bond acceptors (Lipinski definition) is 4. The Labute approximate surface area is 129 Å². The Morgan fingerprint density at radius 1 is 1.09 bits per heavy atom. The van der Waals surface area contributed by atoms with Gasteiger partial charge in [-0.3, -0.25) is 0 Å². The number of ether oxygens (including phenoxy) is 1. The maximum Gasteiger partial charge on any atom is 0.354 e. The maximum absolute atomic E-state index is 11.3. The zero-order valence-electron chi connectivity index (χ0n) is 12.2. The molecule has 0 spiro atoms. The third-order valence-corrected chi connectivity index (χ3v) is 3.79. The minimum absolute atomic E-state index is 0.0420. The first-order chi connectivity index (χ1) is 10.7. The van der Waals surface area contributed by atoms with Gasteiger partial charge in [0.05, 0.1) is 0 Å². The number of benzene rings is 1. The van der Waals surface area contributed by atoms with E-state index in [1.807, 2.05) is 30.3 Å². The third kappa shape index (κ3) is 3.42. The highest BCUT2D eigenvalue weighted by Gasteiger charge is 2.18. The van der Waals surface area contributed by atoms with E-state index in [-0.39, 0.29) is 11.8 Å². The van der Waals surface area contributed by atoms with Crippen LogP contribution in [-0.4, -0.2) is 27.1 Å². The molecule has 0 amide bonds. The average molecular weight is 298 g/mol. The molecule has 1 aliphatic rings. The van der Waals surface area contributed by atoms with Crippen LogP contribution in [0.2, 0.25) is 0 Å². The molecule has 1 aromatic heterocycles. The van der Waals surface area contributed by atoms with Crippen LogP contribution < -0.4 is 4.74 Å². The van der Waals surface area contributed by atoms with Gasteiger partial charge in [-0.15, -0.1) is 0 Å². The summed E-state index contributed by atoms with van der Waals surface area (Å²) in [5, 5.41) is 9.24. The summed E-state index contributed by atoms with van der Waals surface area (Å²) in [7, 11) is 0. The molecule has 0 radical (unpaired) electrons. The zero-order chi connectivity index (χ0) is 15.4. The zero-order valence-corrected chi connectivity index (χ0v) is 12.2. The molecular formula is C17H18N2O3. The van der Waals surface area contributed by atoms with Crippen LogP contribution in [0.4, 0.5) is 0 Å². The molecule has 22 heavy (non-hydrogen) atoms. The van der Waals surface area contributed by atoms with Crippen molar-refractivity contribution in [1.29, 1.82) is 0 Å². The lowest BCUT2D eigenvalue weighted by atomic mass is 9.98. The van der Waals surface area contributed by atoms with Crippen molar-refractivity contribution in [2.24, 2.45) is 0 Å². The predicted octanol–water partition coefficient (Wildman–Crippen LogP) is 3.55. The van der Waals surface area contributed by atoms with E-state index in [1.54, 1.807) is 0 Å². The van der Waals surface area contributed by atoms with Gasteiger partial charge in [0, 0.05) is 11.6 Å². The van der Waals surface area contributed by atoms with Crippen molar-refractivity contribution in [3.8, 4) is 17.3 Å². The number of carboxylic acid groups (broad SMARTS) is 1. The normalized spacial score (nSPS) is 15.5. The first-order valence-electron chi connectivity index (χ1n) is 7.57. The lowest BCUT2D eigenvalue weighted by molar-refractivity contribution is 0.0688. The Balaban J connectivity index is 1.91. The second-order valence-corrected chi connectivity index (χ2v) is 5.46. The molecule has 1 fully saturated rings. The minimum atomic E-state index is -1.08. The van der Waals surface area contributed by atoms with E-state index in [4.69, 9.17) is 4.74 Å². The van der Waals surface area contributed by atoms with Crippen molar-refractivity contribution in [3.63, 3.8) is 0 Å². The lowest BCUT2D eigenvalue weighted by Crippen LogP contribution is -2.20. The fraction of sp³-hybridized carbons (Fsp3) is 0.353. The first kappa shape index (κ1) is 14.5. The number of aromatic carboxylic acids is 1. The second-order valence-electron chi connectivity index (χ2n) is 5.46. The molecule has 0 saturated heterocycles. The quantitative estimate of drug-likeness (QED) is 0.934. The van der Waals surface area contributed by atoms with E-state index < -0.39 is 5.97 Å². The Kier molecular flexibility index (Phi) is 4.32. The predicted molar refractivity (Wildman–Crippen MR) is 81.9 cm³/mol. The van der Waals surface area contributed by atoms with Gasteiger partial charge in [-0.25, -0.2) is 9.78 Å². The lowest BCUT2D eigenvalue weighted by Gasteiger charge is -2.22. The summed E-state index contributed by atoms with van der Waals surface area (Å²) in [5.41, 5.74) is 0.735. The van der Waals surface area contributed by atoms with Gasteiger partial charge >= 0.3 is 5.97 Å². The maximum atomic E-state index is 11.3. The summed E-state index contributed by atoms with van der Waals surface area (Å²) in [5.74, 6) is -0.350. The fourth-order valence-corrected chi connectivity index (χ4v) is 2.66. The van der Waals surface area contributed by atoms with Crippen LogP contribution in [0.3, 0.4) is 0 Å². The fourth-order valence-electron chi connectivity index (χ4n) is 2.66. The molecule has 1 aromatic carbocycles. The Morgan fingerprint density at radius 2 is 1.82 bits per heavy atom. The highest BCUT2D eigenvalue weighted by Crippen LogP contribution is 2.24. The molecule has 3 rings (SSSR count). The molecule has 1 saturated carbocycles. The van der Waals surface area contributed by atoms with Gasteiger partial charge < -0.3 is 9.84 Å². The molecule has 0 aliphatic heterocycles. The van der Waals surface area contributed by atoms with Crippen LogP contribution in [0.1, 0.15) is 42.6 Å². The van der Waals surface area contributed by atoms with Crippen molar-refractivity contribution in [1.82, 2.24) is 9.97 Å². The summed E-state index contributed by atoms with van der Waals surface area (Å²) < 4.78 is 5.89.